The largest absolute Gasteiger partial charge is 0.495 e. The molecule has 1 aliphatic rings. The van der Waals surface area contributed by atoms with E-state index in [1.165, 1.54) is 18.1 Å². The summed E-state index contributed by atoms with van der Waals surface area (Å²) in [7, 11) is 1.49. The Labute approximate surface area is 142 Å². The van der Waals surface area contributed by atoms with Gasteiger partial charge in [0, 0.05) is 16.3 Å². The van der Waals surface area contributed by atoms with Crippen LogP contribution in [0.4, 0.5) is 5.95 Å². The van der Waals surface area contributed by atoms with Crippen molar-refractivity contribution in [1.82, 2.24) is 14.8 Å². The van der Waals surface area contributed by atoms with Crippen molar-refractivity contribution in [1.29, 1.82) is 0 Å². The van der Waals surface area contributed by atoms with Crippen LogP contribution in [0.25, 0.3) is 0 Å². The lowest BCUT2D eigenvalue weighted by Crippen LogP contribution is -2.32. The second-order valence-corrected chi connectivity index (χ2v) is 5.81. The number of nitrogens with zero attached hydrogens (tertiary/aromatic N) is 3. The fraction of sp³-hybridized carbons (Fsp3) is 0.214. The van der Waals surface area contributed by atoms with Crippen LogP contribution in [-0.4, -0.2) is 27.8 Å². The summed E-state index contributed by atoms with van der Waals surface area (Å²) in [4.78, 5) is 16.1. The summed E-state index contributed by atoms with van der Waals surface area (Å²) in [6.07, 6.45) is 1.38. The number of halogens is 2. The number of anilines is 1. The molecule has 3 N–H and O–H groups in total. The Kier molecular flexibility index (Phi) is 3.91. The predicted octanol–water partition coefficient (Wildman–Crippen LogP) is 2.37. The molecular weight excluding hydrogens is 341 g/mol. The first kappa shape index (κ1) is 15.6. The van der Waals surface area contributed by atoms with Crippen molar-refractivity contribution in [3.8, 4) is 5.75 Å². The Hall–Kier alpha value is -2.25. The molecule has 3 rings (SSSR count). The number of carbonyl (C=O) groups excluding carboxylic acids is 1. The van der Waals surface area contributed by atoms with Crippen LogP contribution in [0, 0.1) is 0 Å². The SMILES string of the molecule is COc1c(Cl)cc(Cl)cc1C1C(C(N)=O)=C(C)Nc2ncnn21. The number of amides is 1. The maximum atomic E-state index is 12.0. The van der Waals surface area contributed by atoms with Crippen molar-refractivity contribution in [2.24, 2.45) is 5.73 Å². The number of aromatic nitrogens is 3. The predicted molar refractivity (Wildman–Crippen MR) is 86.7 cm³/mol. The Balaban J connectivity index is 2.31. The summed E-state index contributed by atoms with van der Waals surface area (Å²) in [5, 5.41) is 7.91. The average Bonchev–Trinajstić information content (AvgIpc) is 2.92. The van der Waals surface area contributed by atoms with Gasteiger partial charge in [-0.1, -0.05) is 23.2 Å². The first-order chi connectivity index (χ1) is 10.9. The highest BCUT2D eigenvalue weighted by Crippen LogP contribution is 2.42. The number of nitrogens with two attached hydrogens (primary N) is 1. The van der Waals surface area contributed by atoms with E-state index >= 15 is 0 Å². The van der Waals surface area contributed by atoms with Crippen LogP contribution in [0.5, 0.6) is 5.75 Å². The van der Waals surface area contributed by atoms with E-state index in [0.717, 1.165) is 0 Å². The molecule has 120 valence electrons. The summed E-state index contributed by atoms with van der Waals surface area (Å²) >= 11 is 12.3. The van der Waals surface area contributed by atoms with Crippen LogP contribution < -0.4 is 15.8 Å². The lowest BCUT2D eigenvalue weighted by atomic mass is 9.94. The molecule has 0 radical (unpaired) electrons. The Morgan fingerprint density at radius 1 is 1.43 bits per heavy atom. The lowest BCUT2D eigenvalue weighted by Gasteiger charge is -2.29. The van der Waals surface area contributed by atoms with Gasteiger partial charge in [0.05, 0.1) is 17.7 Å². The molecule has 7 nitrogen and oxygen atoms in total. The highest BCUT2D eigenvalue weighted by Gasteiger charge is 2.34. The highest BCUT2D eigenvalue weighted by molar-refractivity contribution is 6.35. The monoisotopic (exact) mass is 353 g/mol. The van der Waals surface area contributed by atoms with E-state index in [2.05, 4.69) is 15.4 Å². The number of fused-ring (bicyclic) bond motifs is 1. The maximum absolute atomic E-state index is 12.0. The zero-order valence-corrected chi connectivity index (χ0v) is 13.8. The summed E-state index contributed by atoms with van der Waals surface area (Å²) in [5.74, 6) is 0.297. The van der Waals surface area contributed by atoms with Gasteiger partial charge in [-0.3, -0.25) is 4.79 Å². The van der Waals surface area contributed by atoms with Gasteiger partial charge in [0.25, 0.3) is 0 Å². The van der Waals surface area contributed by atoms with Crippen LogP contribution in [-0.2, 0) is 4.79 Å². The molecule has 2 aromatic rings. The summed E-state index contributed by atoms with van der Waals surface area (Å²) in [6.45, 7) is 1.74. The van der Waals surface area contributed by atoms with Crippen molar-refractivity contribution in [2.45, 2.75) is 13.0 Å². The molecule has 1 unspecified atom stereocenters. The molecule has 0 saturated carbocycles. The van der Waals surface area contributed by atoms with E-state index in [0.29, 0.717) is 38.6 Å². The van der Waals surface area contributed by atoms with E-state index in [1.54, 1.807) is 19.1 Å². The van der Waals surface area contributed by atoms with Crippen molar-refractivity contribution in [3.05, 3.63) is 45.3 Å². The van der Waals surface area contributed by atoms with Crippen LogP contribution in [0.2, 0.25) is 10.0 Å². The number of rotatable bonds is 3. The van der Waals surface area contributed by atoms with Gasteiger partial charge < -0.3 is 15.8 Å². The minimum atomic E-state index is -0.641. The van der Waals surface area contributed by atoms with E-state index in [1.807, 2.05) is 0 Å². The van der Waals surface area contributed by atoms with Crippen molar-refractivity contribution < 1.29 is 9.53 Å². The summed E-state index contributed by atoms with van der Waals surface area (Å²) < 4.78 is 6.93. The van der Waals surface area contributed by atoms with Crippen LogP contribution in [0.3, 0.4) is 0 Å². The van der Waals surface area contributed by atoms with Gasteiger partial charge >= 0.3 is 0 Å². The van der Waals surface area contributed by atoms with E-state index < -0.39 is 11.9 Å². The van der Waals surface area contributed by atoms with E-state index in [9.17, 15) is 4.79 Å². The van der Waals surface area contributed by atoms with Gasteiger partial charge in [0.1, 0.15) is 18.1 Å². The van der Waals surface area contributed by atoms with Gasteiger partial charge in [0.2, 0.25) is 11.9 Å². The van der Waals surface area contributed by atoms with Gasteiger partial charge in [-0.25, -0.2) is 4.68 Å². The average molecular weight is 354 g/mol. The van der Waals surface area contributed by atoms with E-state index in [4.69, 9.17) is 33.7 Å². The molecule has 0 fully saturated rings. The fourth-order valence-corrected chi connectivity index (χ4v) is 3.28. The summed E-state index contributed by atoms with van der Waals surface area (Å²) in [5.41, 5.74) is 7.07. The molecule has 0 bridgehead atoms. The van der Waals surface area contributed by atoms with Crippen molar-refractivity contribution in [3.63, 3.8) is 0 Å². The van der Waals surface area contributed by atoms with Gasteiger partial charge in [-0.2, -0.15) is 10.1 Å². The number of methoxy groups -OCH3 is 1. The molecule has 2 heterocycles. The zero-order chi connectivity index (χ0) is 16.7. The Morgan fingerprint density at radius 3 is 2.83 bits per heavy atom. The Morgan fingerprint density at radius 2 is 2.17 bits per heavy atom. The van der Waals surface area contributed by atoms with Crippen molar-refractivity contribution in [2.75, 3.05) is 12.4 Å². The molecule has 0 aliphatic carbocycles. The number of hydrogen-bond acceptors (Lipinski definition) is 5. The zero-order valence-electron chi connectivity index (χ0n) is 12.3. The fourth-order valence-electron chi connectivity index (χ4n) is 2.70. The second-order valence-electron chi connectivity index (χ2n) is 4.97. The molecule has 0 spiro atoms. The van der Waals surface area contributed by atoms with Gasteiger partial charge in [-0.05, 0) is 19.1 Å². The number of allylic oxidation sites excluding steroid dienone is 1. The first-order valence-corrected chi connectivity index (χ1v) is 7.39. The minimum Gasteiger partial charge on any atom is -0.495 e. The topological polar surface area (TPSA) is 95.1 Å². The van der Waals surface area contributed by atoms with Crippen LogP contribution in [0.1, 0.15) is 18.5 Å². The maximum Gasteiger partial charge on any atom is 0.248 e. The van der Waals surface area contributed by atoms with Crippen LogP contribution >= 0.6 is 23.2 Å². The number of carbonyl (C=O) groups is 1. The standard InChI is InChI=1S/C14H13Cl2N5O2/c1-6-10(13(17)22)11(21-14(20-6)18-5-19-21)8-3-7(15)4-9(16)12(8)23-2/h3-5,11H,1-2H3,(H2,17,22)(H,18,19,20). The molecular formula is C14H13Cl2N5O2. The van der Waals surface area contributed by atoms with Gasteiger partial charge in [-0.15, -0.1) is 0 Å². The highest BCUT2D eigenvalue weighted by atomic mass is 35.5. The van der Waals surface area contributed by atoms with E-state index in [-0.39, 0.29) is 0 Å². The van der Waals surface area contributed by atoms with Gasteiger partial charge in [0.15, 0.2) is 0 Å². The smallest absolute Gasteiger partial charge is 0.248 e. The molecule has 1 aromatic carbocycles. The normalized spacial score (nSPS) is 16.8. The molecule has 1 aromatic heterocycles. The van der Waals surface area contributed by atoms with Crippen molar-refractivity contribution >= 4 is 35.1 Å². The molecule has 23 heavy (non-hydrogen) atoms. The molecule has 9 heteroatoms. The molecule has 1 aliphatic heterocycles. The first-order valence-electron chi connectivity index (χ1n) is 6.64. The number of primary amides is 1. The quantitative estimate of drug-likeness (QED) is 0.882. The third-order valence-corrected chi connectivity index (χ3v) is 4.09. The number of nitrogens with one attached hydrogen (secondary N) is 1. The third-order valence-electron chi connectivity index (χ3n) is 3.60. The Bertz CT molecular complexity index is 831. The number of benzene rings is 1. The third kappa shape index (κ3) is 2.51. The minimum absolute atomic E-state index is 0.330. The second kappa shape index (κ2) is 5.75. The molecule has 1 atom stereocenters. The molecule has 0 saturated heterocycles. The van der Waals surface area contributed by atoms with Crippen LogP contribution in [0.15, 0.2) is 29.7 Å². The number of hydrogen-bond donors (Lipinski definition) is 2. The lowest BCUT2D eigenvalue weighted by molar-refractivity contribution is -0.115. The summed E-state index contributed by atoms with van der Waals surface area (Å²) in [6, 6.07) is 2.59. The molecule has 1 amide bonds. The number of ether oxygens (including phenoxy) is 1.